The van der Waals surface area contributed by atoms with Crippen LogP contribution in [-0.2, 0) is 26.2 Å². The zero-order valence-electron chi connectivity index (χ0n) is 25.7. The van der Waals surface area contributed by atoms with Gasteiger partial charge in [0.25, 0.3) is 10.0 Å². The Morgan fingerprint density at radius 3 is 2.11 bits per heavy atom. The topological polar surface area (TPSA) is 114 Å². The van der Waals surface area contributed by atoms with Gasteiger partial charge in [-0.15, -0.1) is 0 Å². The average Bonchev–Trinajstić information content (AvgIpc) is 3.03. The van der Waals surface area contributed by atoms with E-state index in [9.17, 15) is 18.0 Å². The van der Waals surface area contributed by atoms with E-state index in [0.717, 1.165) is 22.7 Å². The predicted octanol–water partition coefficient (Wildman–Crippen LogP) is 5.28. The summed E-state index contributed by atoms with van der Waals surface area (Å²) in [5, 5.41) is 3.32. The molecule has 2 amide bonds. The average molecular weight is 646 g/mol. The molecule has 0 saturated carbocycles. The van der Waals surface area contributed by atoms with Gasteiger partial charge >= 0.3 is 0 Å². The van der Waals surface area contributed by atoms with Crippen LogP contribution >= 0.6 is 11.6 Å². The minimum atomic E-state index is -4.32. The van der Waals surface area contributed by atoms with E-state index in [4.69, 9.17) is 25.8 Å². The third-order valence-corrected chi connectivity index (χ3v) is 9.09. The molecule has 3 aromatic carbocycles. The Morgan fingerprint density at radius 2 is 1.55 bits per heavy atom. The van der Waals surface area contributed by atoms with Gasteiger partial charge in [0.15, 0.2) is 11.5 Å². The number of ether oxygens (including phenoxy) is 3. The Kier molecular flexibility index (Phi) is 12.7. The molecule has 0 fully saturated rings. The Bertz CT molecular complexity index is 1500. The summed E-state index contributed by atoms with van der Waals surface area (Å²) in [6.07, 6.45) is 2.02. The van der Waals surface area contributed by atoms with Gasteiger partial charge < -0.3 is 24.4 Å². The monoisotopic (exact) mass is 645 g/mol. The van der Waals surface area contributed by atoms with Gasteiger partial charge in [0.05, 0.1) is 31.9 Å². The van der Waals surface area contributed by atoms with Gasteiger partial charge in [-0.05, 0) is 66.9 Å². The summed E-state index contributed by atoms with van der Waals surface area (Å²) in [5.74, 6) is 0.352. The molecule has 1 N–H and O–H groups in total. The van der Waals surface area contributed by atoms with Gasteiger partial charge in [0.1, 0.15) is 18.3 Å². The van der Waals surface area contributed by atoms with Crippen LogP contribution < -0.4 is 23.8 Å². The lowest BCUT2D eigenvalue weighted by Crippen LogP contribution is -2.52. The first-order chi connectivity index (χ1) is 21.1. The lowest BCUT2D eigenvalue weighted by Gasteiger charge is -2.33. The van der Waals surface area contributed by atoms with Crippen LogP contribution in [0.2, 0.25) is 5.02 Å². The lowest BCUT2D eigenvalue weighted by atomic mass is 10.1. The normalized spacial score (nSPS) is 11.8. The molecular formula is C32H40ClN3O7S. The number of unbranched alkanes of at least 4 members (excludes halogenated alkanes) is 1. The molecule has 0 spiro atoms. The third kappa shape index (κ3) is 8.57. The second-order valence-electron chi connectivity index (χ2n) is 9.94. The van der Waals surface area contributed by atoms with Crippen LogP contribution in [0, 0.1) is 0 Å². The van der Waals surface area contributed by atoms with E-state index in [1.807, 2.05) is 13.8 Å². The van der Waals surface area contributed by atoms with E-state index in [-0.39, 0.29) is 28.8 Å². The Morgan fingerprint density at radius 1 is 0.886 bits per heavy atom. The summed E-state index contributed by atoms with van der Waals surface area (Å²) < 4.78 is 45.2. The Hall–Kier alpha value is -3.96. The van der Waals surface area contributed by atoms with E-state index in [1.54, 1.807) is 43.5 Å². The van der Waals surface area contributed by atoms with Gasteiger partial charge in [-0.1, -0.05) is 44.0 Å². The quantitative estimate of drug-likeness (QED) is 0.211. The largest absolute Gasteiger partial charge is 0.497 e. The fourth-order valence-corrected chi connectivity index (χ4v) is 6.15. The fourth-order valence-electron chi connectivity index (χ4n) is 4.59. The summed E-state index contributed by atoms with van der Waals surface area (Å²) >= 11 is 6.11. The first kappa shape index (κ1) is 34.5. The van der Waals surface area contributed by atoms with Gasteiger partial charge in [-0.25, -0.2) is 8.42 Å². The Labute approximate surface area is 264 Å². The van der Waals surface area contributed by atoms with Crippen LogP contribution in [0.5, 0.6) is 17.2 Å². The first-order valence-corrected chi connectivity index (χ1v) is 16.1. The molecule has 0 radical (unpaired) electrons. The summed E-state index contributed by atoms with van der Waals surface area (Å²) in [4.78, 5) is 28.9. The van der Waals surface area contributed by atoms with E-state index < -0.39 is 28.5 Å². The summed E-state index contributed by atoms with van der Waals surface area (Å²) in [6, 6.07) is 16.6. The van der Waals surface area contributed by atoms with Crippen molar-refractivity contribution in [3.05, 3.63) is 77.3 Å². The SMILES string of the molecule is CCCCNC(=O)[C@H](CC)N(Cc1ccc(OC)cc1)C(=O)CN(c1ccc(Cl)cc1)S(=O)(=O)c1ccc(OC)c(OC)c1. The van der Waals surface area contributed by atoms with Crippen molar-refractivity contribution < 1.29 is 32.2 Å². The number of halogens is 1. The van der Waals surface area contributed by atoms with Crippen LogP contribution in [0.15, 0.2) is 71.6 Å². The lowest BCUT2D eigenvalue weighted by molar-refractivity contribution is -0.140. The maximum absolute atomic E-state index is 14.2. The van der Waals surface area contributed by atoms with E-state index >= 15 is 0 Å². The van der Waals surface area contributed by atoms with Crippen molar-refractivity contribution in [1.29, 1.82) is 0 Å². The van der Waals surface area contributed by atoms with Gasteiger partial charge in [-0.3, -0.25) is 13.9 Å². The van der Waals surface area contributed by atoms with Crippen molar-refractivity contribution in [3.8, 4) is 17.2 Å². The fraction of sp³-hybridized carbons (Fsp3) is 0.375. The number of rotatable bonds is 16. The van der Waals surface area contributed by atoms with Crippen molar-refractivity contribution in [2.75, 3.05) is 38.7 Å². The molecule has 12 heteroatoms. The molecule has 238 valence electrons. The number of carbonyl (C=O) groups is 2. The van der Waals surface area contributed by atoms with Crippen LogP contribution in [0.3, 0.4) is 0 Å². The number of methoxy groups -OCH3 is 3. The van der Waals surface area contributed by atoms with Crippen molar-refractivity contribution in [2.24, 2.45) is 0 Å². The predicted molar refractivity (Wildman–Crippen MR) is 171 cm³/mol. The second kappa shape index (κ2) is 16.2. The molecule has 3 aromatic rings. The number of sulfonamides is 1. The summed E-state index contributed by atoms with van der Waals surface area (Å²) in [7, 11) is 0.0973. The zero-order valence-corrected chi connectivity index (χ0v) is 27.3. The molecule has 0 saturated heterocycles. The van der Waals surface area contributed by atoms with Crippen LogP contribution in [0.25, 0.3) is 0 Å². The van der Waals surface area contributed by atoms with E-state index in [0.29, 0.717) is 29.5 Å². The molecule has 0 aliphatic carbocycles. The molecular weight excluding hydrogens is 606 g/mol. The number of anilines is 1. The molecule has 44 heavy (non-hydrogen) atoms. The molecule has 1 atom stereocenters. The highest BCUT2D eigenvalue weighted by atomic mass is 35.5. The van der Waals surface area contributed by atoms with Crippen LogP contribution in [-0.4, -0.2) is 65.6 Å². The maximum Gasteiger partial charge on any atom is 0.264 e. The molecule has 3 rings (SSSR count). The van der Waals surface area contributed by atoms with Crippen molar-refractivity contribution >= 4 is 39.1 Å². The zero-order chi connectivity index (χ0) is 32.3. The number of amides is 2. The minimum Gasteiger partial charge on any atom is -0.497 e. The highest BCUT2D eigenvalue weighted by molar-refractivity contribution is 7.92. The molecule has 0 bridgehead atoms. The van der Waals surface area contributed by atoms with Crippen LogP contribution in [0.1, 0.15) is 38.7 Å². The third-order valence-electron chi connectivity index (χ3n) is 7.06. The number of hydrogen-bond acceptors (Lipinski definition) is 7. The number of hydrogen-bond donors (Lipinski definition) is 1. The van der Waals surface area contributed by atoms with Crippen LogP contribution in [0.4, 0.5) is 5.69 Å². The second-order valence-corrected chi connectivity index (χ2v) is 12.2. The number of nitrogens with zero attached hydrogens (tertiary/aromatic N) is 2. The molecule has 10 nitrogen and oxygen atoms in total. The van der Waals surface area contributed by atoms with Crippen molar-refractivity contribution in [2.45, 2.75) is 50.6 Å². The summed E-state index contributed by atoms with van der Waals surface area (Å²) in [6.45, 7) is 3.81. The maximum atomic E-state index is 14.2. The molecule has 0 aliphatic heterocycles. The summed E-state index contributed by atoms with van der Waals surface area (Å²) in [5.41, 5.74) is 0.974. The number of benzene rings is 3. The molecule has 0 unspecified atom stereocenters. The van der Waals surface area contributed by atoms with Crippen molar-refractivity contribution in [1.82, 2.24) is 10.2 Å². The molecule has 0 heterocycles. The molecule has 0 aliphatic rings. The van der Waals surface area contributed by atoms with E-state index in [2.05, 4.69) is 5.32 Å². The minimum absolute atomic E-state index is 0.0768. The standard InChI is InChI=1S/C32H40ClN3O7S/c1-6-8-19-34-32(38)28(7-2)35(21-23-9-15-26(41-3)16-10-23)31(37)22-36(25-13-11-24(33)12-14-25)44(39,40)27-17-18-29(42-4)30(20-27)43-5/h9-18,20,28H,6-8,19,21-22H2,1-5H3,(H,34,38)/t28-/m0/s1. The Balaban J connectivity index is 2.07. The van der Waals surface area contributed by atoms with E-state index in [1.165, 1.54) is 49.5 Å². The number of nitrogens with one attached hydrogen (secondary N) is 1. The molecule has 0 aromatic heterocycles. The highest BCUT2D eigenvalue weighted by Gasteiger charge is 2.34. The highest BCUT2D eigenvalue weighted by Crippen LogP contribution is 2.33. The van der Waals surface area contributed by atoms with Gasteiger partial charge in [0, 0.05) is 24.2 Å². The van der Waals surface area contributed by atoms with Crippen molar-refractivity contribution in [3.63, 3.8) is 0 Å². The first-order valence-electron chi connectivity index (χ1n) is 14.3. The van der Waals surface area contributed by atoms with Gasteiger partial charge in [-0.2, -0.15) is 0 Å². The van der Waals surface area contributed by atoms with Gasteiger partial charge in [0.2, 0.25) is 11.8 Å². The number of carbonyl (C=O) groups excluding carboxylic acids is 2. The smallest absolute Gasteiger partial charge is 0.264 e.